The van der Waals surface area contributed by atoms with Gasteiger partial charge in [-0.3, -0.25) is 4.79 Å². The van der Waals surface area contributed by atoms with Gasteiger partial charge in [-0.05, 0) is 11.6 Å². The van der Waals surface area contributed by atoms with Gasteiger partial charge in [-0.15, -0.1) is 0 Å². The lowest BCUT2D eigenvalue weighted by Gasteiger charge is -2.26. The molecule has 2 rings (SSSR count). The Labute approximate surface area is 96.0 Å². The number of rotatable bonds is 1. The number of halogens is 3. The summed E-state index contributed by atoms with van der Waals surface area (Å²) in [5, 5.41) is 5.33. The summed E-state index contributed by atoms with van der Waals surface area (Å²) in [6.45, 7) is 0.895. The summed E-state index contributed by atoms with van der Waals surface area (Å²) in [4.78, 5) is 11.5. The van der Waals surface area contributed by atoms with E-state index in [1.54, 1.807) is 0 Å². The monoisotopic (exact) mass is 244 g/mol. The minimum absolute atomic E-state index is 0.0304. The standard InChI is InChI=1S/C11H11F3N2O/c12-11(13,14)8-4-2-1-3-7(8)9-10(17)16-6-5-15-9/h1-4,9,15H,5-6H2,(H,16,17)/t9-/m0/s1. The molecule has 2 N–H and O–H groups in total. The summed E-state index contributed by atoms with van der Waals surface area (Å²) < 4.78 is 38.3. The molecule has 1 aliphatic heterocycles. The second-order valence-electron chi connectivity index (χ2n) is 3.76. The minimum atomic E-state index is -4.45. The highest BCUT2D eigenvalue weighted by Crippen LogP contribution is 2.34. The van der Waals surface area contributed by atoms with Crippen LogP contribution in [0.3, 0.4) is 0 Å². The van der Waals surface area contributed by atoms with E-state index in [2.05, 4.69) is 10.6 Å². The summed E-state index contributed by atoms with van der Waals surface area (Å²) in [5.74, 6) is -0.423. The normalized spacial score (nSPS) is 21.1. The Bertz CT molecular complexity index is 431. The molecule has 1 saturated heterocycles. The molecular weight excluding hydrogens is 233 g/mol. The highest BCUT2D eigenvalue weighted by atomic mass is 19.4. The molecule has 0 aromatic heterocycles. The lowest BCUT2D eigenvalue weighted by molar-refractivity contribution is -0.139. The number of piperazine rings is 1. The number of benzene rings is 1. The highest BCUT2D eigenvalue weighted by Gasteiger charge is 2.37. The van der Waals surface area contributed by atoms with Crippen molar-refractivity contribution < 1.29 is 18.0 Å². The molecular formula is C11H11F3N2O. The SMILES string of the molecule is O=C1NCCN[C@H]1c1ccccc1C(F)(F)F. The Balaban J connectivity index is 2.41. The first kappa shape index (κ1) is 11.9. The zero-order chi connectivity index (χ0) is 12.5. The number of carbonyl (C=O) groups excluding carboxylic acids is 1. The van der Waals surface area contributed by atoms with Crippen molar-refractivity contribution in [3.05, 3.63) is 35.4 Å². The zero-order valence-corrected chi connectivity index (χ0v) is 8.84. The smallest absolute Gasteiger partial charge is 0.353 e. The largest absolute Gasteiger partial charge is 0.416 e. The molecule has 1 aliphatic rings. The average molecular weight is 244 g/mol. The van der Waals surface area contributed by atoms with Crippen LogP contribution in [-0.2, 0) is 11.0 Å². The topological polar surface area (TPSA) is 41.1 Å². The van der Waals surface area contributed by atoms with Crippen molar-refractivity contribution in [1.29, 1.82) is 0 Å². The third-order valence-electron chi connectivity index (χ3n) is 2.61. The molecule has 0 aliphatic carbocycles. The molecule has 0 unspecified atom stereocenters. The summed E-state index contributed by atoms with van der Waals surface area (Å²) in [6, 6.07) is 4.19. The lowest BCUT2D eigenvalue weighted by Crippen LogP contribution is -2.47. The molecule has 0 bridgehead atoms. The quantitative estimate of drug-likeness (QED) is 0.785. The average Bonchev–Trinajstić information content (AvgIpc) is 2.28. The van der Waals surface area contributed by atoms with Crippen molar-refractivity contribution in [2.45, 2.75) is 12.2 Å². The van der Waals surface area contributed by atoms with E-state index in [4.69, 9.17) is 0 Å². The van der Waals surface area contributed by atoms with Gasteiger partial charge in [-0.2, -0.15) is 13.2 Å². The van der Waals surface area contributed by atoms with E-state index < -0.39 is 23.7 Å². The highest BCUT2D eigenvalue weighted by molar-refractivity contribution is 5.84. The van der Waals surface area contributed by atoms with Crippen LogP contribution in [0.25, 0.3) is 0 Å². The van der Waals surface area contributed by atoms with Crippen LogP contribution in [0.15, 0.2) is 24.3 Å². The number of carbonyl (C=O) groups is 1. The van der Waals surface area contributed by atoms with Crippen LogP contribution >= 0.6 is 0 Å². The second kappa shape index (κ2) is 4.37. The molecule has 1 fully saturated rings. The molecule has 6 heteroatoms. The predicted molar refractivity (Wildman–Crippen MR) is 55.2 cm³/mol. The third kappa shape index (κ3) is 2.41. The summed E-state index contributed by atoms with van der Waals surface area (Å²) in [6.07, 6.45) is -4.45. The summed E-state index contributed by atoms with van der Waals surface area (Å²) in [5.41, 5.74) is -0.799. The van der Waals surface area contributed by atoms with Gasteiger partial charge in [0.2, 0.25) is 5.91 Å². The van der Waals surface area contributed by atoms with Crippen LogP contribution in [0, 0.1) is 0 Å². The maximum Gasteiger partial charge on any atom is 0.416 e. The fourth-order valence-corrected chi connectivity index (χ4v) is 1.86. The van der Waals surface area contributed by atoms with E-state index in [9.17, 15) is 18.0 Å². The van der Waals surface area contributed by atoms with Gasteiger partial charge in [0.05, 0.1) is 5.56 Å². The van der Waals surface area contributed by atoms with Crippen molar-refractivity contribution in [1.82, 2.24) is 10.6 Å². The van der Waals surface area contributed by atoms with Crippen molar-refractivity contribution >= 4 is 5.91 Å². The first-order valence-corrected chi connectivity index (χ1v) is 5.17. The molecule has 0 saturated carbocycles. The van der Waals surface area contributed by atoms with Gasteiger partial charge in [-0.25, -0.2) is 0 Å². The molecule has 1 heterocycles. The first-order valence-electron chi connectivity index (χ1n) is 5.17. The molecule has 1 aromatic carbocycles. The number of amides is 1. The van der Waals surface area contributed by atoms with E-state index in [0.29, 0.717) is 13.1 Å². The van der Waals surface area contributed by atoms with Gasteiger partial charge in [0.1, 0.15) is 6.04 Å². The summed E-state index contributed by atoms with van der Waals surface area (Å²) >= 11 is 0. The van der Waals surface area contributed by atoms with Crippen molar-refractivity contribution in [3.63, 3.8) is 0 Å². The number of nitrogens with one attached hydrogen (secondary N) is 2. The van der Waals surface area contributed by atoms with Crippen LogP contribution in [0.2, 0.25) is 0 Å². The number of alkyl halides is 3. The minimum Gasteiger partial charge on any atom is -0.353 e. The zero-order valence-electron chi connectivity index (χ0n) is 8.84. The fourth-order valence-electron chi connectivity index (χ4n) is 1.86. The Hall–Kier alpha value is -1.56. The van der Waals surface area contributed by atoms with Crippen LogP contribution in [0.1, 0.15) is 17.2 Å². The van der Waals surface area contributed by atoms with Gasteiger partial charge in [0.25, 0.3) is 0 Å². The fraction of sp³-hybridized carbons (Fsp3) is 0.364. The molecule has 0 spiro atoms. The Morgan fingerprint density at radius 1 is 1.18 bits per heavy atom. The van der Waals surface area contributed by atoms with E-state index in [1.807, 2.05) is 0 Å². The second-order valence-corrected chi connectivity index (χ2v) is 3.76. The van der Waals surface area contributed by atoms with Crippen molar-refractivity contribution in [2.75, 3.05) is 13.1 Å². The number of hydrogen-bond acceptors (Lipinski definition) is 2. The van der Waals surface area contributed by atoms with Gasteiger partial charge in [0, 0.05) is 13.1 Å². The van der Waals surface area contributed by atoms with Crippen molar-refractivity contribution in [3.8, 4) is 0 Å². The third-order valence-corrected chi connectivity index (χ3v) is 2.61. The van der Waals surface area contributed by atoms with Crippen molar-refractivity contribution in [2.24, 2.45) is 0 Å². The first-order chi connectivity index (χ1) is 8.00. The van der Waals surface area contributed by atoms with E-state index in [-0.39, 0.29) is 5.56 Å². The Morgan fingerprint density at radius 2 is 1.88 bits per heavy atom. The van der Waals surface area contributed by atoms with Gasteiger partial charge >= 0.3 is 6.18 Å². The summed E-state index contributed by atoms with van der Waals surface area (Å²) in [7, 11) is 0. The Morgan fingerprint density at radius 3 is 2.53 bits per heavy atom. The number of hydrogen-bond donors (Lipinski definition) is 2. The maximum atomic E-state index is 12.8. The molecule has 1 aromatic rings. The molecule has 1 amide bonds. The van der Waals surface area contributed by atoms with Gasteiger partial charge < -0.3 is 10.6 Å². The van der Waals surface area contributed by atoms with Gasteiger partial charge in [-0.1, -0.05) is 18.2 Å². The van der Waals surface area contributed by atoms with Crippen LogP contribution < -0.4 is 10.6 Å². The molecule has 3 nitrogen and oxygen atoms in total. The Kier molecular flexibility index (Phi) is 3.06. The maximum absolute atomic E-state index is 12.8. The van der Waals surface area contributed by atoms with Crippen LogP contribution in [0.5, 0.6) is 0 Å². The van der Waals surface area contributed by atoms with Crippen LogP contribution in [0.4, 0.5) is 13.2 Å². The van der Waals surface area contributed by atoms with Crippen LogP contribution in [-0.4, -0.2) is 19.0 Å². The van der Waals surface area contributed by atoms with E-state index in [1.165, 1.54) is 18.2 Å². The van der Waals surface area contributed by atoms with E-state index >= 15 is 0 Å². The molecule has 92 valence electrons. The molecule has 17 heavy (non-hydrogen) atoms. The van der Waals surface area contributed by atoms with Gasteiger partial charge in [0.15, 0.2) is 0 Å². The predicted octanol–water partition coefficient (Wildman–Crippen LogP) is 1.47. The molecule has 0 radical (unpaired) electrons. The van der Waals surface area contributed by atoms with E-state index in [0.717, 1.165) is 6.07 Å². The molecule has 1 atom stereocenters. The lowest BCUT2D eigenvalue weighted by atomic mass is 9.98.